The summed E-state index contributed by atoms with van der Waals surface area (Å²) in [7, 11) is -11.1. The van der Waals surface area contributed by atoms with Crippen LogP contribution in [0.25, 0.3) is 0 Å². The molecule has 50 heavy (non-hydrogen) atoms. The van der Waals surface area contributed by atoms with Crippen molar-refractivity contribution in [3.8, 4) is 0 Å². The van der Waals surface area contributed by atoms with Gasteiger partial charge in [-0.25, -0.2) is 0 Å². The van der Waals surface area contributed by atoms with Crippen LogP contribution >= 0.6 is 0 Å². The topological polar surface area (TPSA) is 83.1 Å². The summed E-state index contributed by atoms with van der Waals surface area (Å²) < 4.78 is 64.6. The van der Waals surface area contributed by atoms with Gasteiger partial charge in [-0.1, -0.05) is 120 Å². The Labute approximate surface area is 316 Å². The highest BCUT2D eigenvalue weighted by atomic mass is 28.5. The first-order valence-corrected chi connectivity index (χ1v) is 27.2. The molecule has 0 bridgehead atoms. The van der Waals surface area contributed by atoms with Crippen LogP contribution in [-0.4, -0.2) is 96.1 Å². The molecule has 0 spiro atoms. The van der Waals surface area contributed by atoms with Gasteiger partial charge in [0.2, 0.25) is 0 Å². The van der Waals surface area contributed by atoms with Gasteiger partial charge in [0.05, 0.1) is 0 Å². The molecule has 9 nitrogen and oxygen atoms in total. The summed E-state index contributed by atoms with van der Waals surface area (Å²) in [5.41, 5.74) is 0. The van der Waals surface area contributed by atoms with Gasteiger partial charge in [0.1, 0.15) is 0 Å². The highest BCUT2D eigenvalue weighted by molar-refractivity contribution is 7.10. The molecular weight excluding hydrogens is 701 g/mol. The van der Waals surface area contributed by atoms with Crippen molar-refractivity contribution in [2.75, 3.05) is 59.5 Å². The van der Waals surface area contributed by atoms with E-state index in [4.69, 9.17) is 39.8 Å². The van der Waals surface area contributed by atoms with Crippen molar-refractivity contribution in [2.24, 2.45) is 0 Å². The lowest BCUT2D eigenvalue weighted by Gasteiger charge is -2.55. The predicted molar refractivity (Wildman–Crippen MR) is 218 cm³/mol. The lowest BCUT2D eigenvalue weighted by Crippen LogP contribution is -2.82. The average Bonchev–Trinajstić information content (AvgIpc) is 3.11. The molecule has 0 aliphatic carbocycles. The van der Waals surface area contributed by atoms with Crippen LogP contribution in [0, 0.1) is 0 Å². The lowest BCUT2D eigenvalue weighted by molar-refractivity contribution is -0.00733. The van der Waals surface area contributed by atoms with Crippen molar-refractivity contribution in [3.63, 3.8) is 0 Å². The molecule has 13 heteroatoms. The number of rotatable bonds is 39. The predicted octanol–water partition coefficient (Wildman–Crippen LogP) is 9.30. The Morgan fingerprint density at radius 2 is 0.400 bits per heavy atom. The molecule has 0 aliphatic heterocycles. The third-order valence-corrected chi connectivity index (χ3v) is 28.9. The third kappa shape index (κ3) is 16.5. The summed E-state index contributed by atoms with van der Waals surface area (Å²) in [6.07, 6.45) is 16.9. The highest BCUT2D eigenvalue weighted by Gasteiger charge is 2.87. The van der Waals surface area contributed by atoms with E-state index in [2.05, 4.69) is 62.3 Å². The van der Waals surface area contributed by atoms with E-state index in [1.807, 2.05) is 0 Å². The minimum Gasteiger partial charge on any atom is -0.373 e. The Morgan fingerprint density at radius 1 is 0.280 bits per heavy atom. The molecule has 0 aromatic heterocycles. The fourth-order valence-corrected chi connectivity index (χ4v) is 24.8. The Morgan fingerprint density at radius 3 is 0.500 bits per heavy atom. The van der Waals surface area contributed by atoms with Crippen molar-refractivity contribution < 1.29 is 39.8 Å². The Kier molecular flexibility index (Phi) is 32.1. The van der Waals surface area contributed by atoms with Gasteiger partial charge in [0.15, 0.2) is 3.91 Å². The molecule has 0 N–H and O–H groups in total. The molecule has 0 rings (SSSR count). The van der Waals surface area contributed by atoms with E-state index in [1.165, 1.54) is 0 Å². The normalized spacial score (nSPS) is 13.1. The standard InChI is InChI=1S/C37H84O9Si4/c1-10-19-28-38-48(39-29-20-11-2,40-30-21-12-3)37(47,49(41-31-22-13-4,42-32-23-14-5)43-33-24-15-6)50(44-34-25-16-7,45-35-26-17-8)46-36-27-18-9/h10-36H2,1-9,47H3. The maximum Gasteiger partial charge on any atom is 0.512 e. The minimum absolute atomic E-state index is 0.465. The van der Waals surface area contributed by atoms with Gasteiger partial charge < -0.3 is 39.8 Å². The fourth-order valence-electron chi connectivity index (χ4n) is 5.39. The number of hydrogen-bond acceptors (Lipinski definition) is 9. The minimum atomic E-state index is -3.86. The summed E-state index contributed by atoms with van der Waals surface area (Å²) in [6, 6.07) is 0. The van der Waals surface area contributed by atoms with Gasteiger partial charge in [-0.15, -0.1) is 0 Å². The van der Waals surface area contributed by atoms with Crippen molar-refractivity contribution in [2.45, 2.75) is 182 Å². The molecular formula is C37H84O9Si4. The summed E-state index contributed by atoms with van der Waals surface area (Å²) >= 11 is 0. The molecule has 0 atom stereocenters. The Bertz CT molecular complexity index is 581. The van der Waals surface area contributed by atoms with Crippen LogP contribution < -0.4 is 0 Å². The molecule has 0 aromatic carbocycles. The van der Waals surface area contributed by atoms with E-state index >= 15 is 0 Å². The van der Waals surface area contributed by atoms with Crippen LogP contribution in [-0.2, 0) is 39.8 Å². The van der Waals surface area contributed by atoms with Gasteiger partial charge in [-0.2, -0.15) is 0 Å². The van der Waals surface area contributed by atoms with E-state index < -0.39 is 30.3 Å². The molecule has 302 valence electrons. The van der Waals surface area contributed by atoms with Gasteiger partial charge in [-0.3, -0.25) is 0 Å². The van der Waals surface area contributed by atoms with E-state index in [-0.39, 0.29) is 0 Å². The second kappa shape index (κ2) is 31.8. The number of hydrogen-bond donors (Lipinski definition) is 0. The molecule has 0 saturated carbocycles. The first-order chi connectivity index (χ1) is 24.3. The molecule has 0 aliphatic rings. The zero-order valence-electron chi connectivity index (χ0n) is 34.8. The highest BCUT2D eigenvalue weighted by Crippen LogP contribution is 2.55. The zero-order chi connectivity index (χ0) is 37.5. The van der Waals surface area contributed by atoms with E-state index in [0.29, 0.717) is 69.7 Å². The molecule has 0 unspecified atom stereocenters. The van der Waals surface area contributed by atoms with E-state index in [0.717, 1.165) is 116 Å². The van der Waals surface area contributed by atoms with E-state index in [9.17, 15) is 0 Å². The zero-order valence-corrected chi connectivity index (χ0v) is 39.8. The maximum absolute atomic E-state index is 7.30. The van der Waals surface area contributed by atoms with Gasteiger partial charge in [0, 0.05) is 69.7 Å². The van der Waals surface area contributed by atoms with Crippen LogP contribution in [0.5, 0.6) is 0 Å². The van der Waals surface area contributed by atoms with Gasteiger partial charge >= 0.3 is 26.4 Å². The van der Waals surface area contributed by atoms with Gasteiger partial charge in [-0.05, 0) is 57.8 Å². The molecule has 0 amide bonds. The quantitative estimate of drug-likeness (QED) is 0.0448. The Balaban J connectivity index is 8.49. The van der Waals surface area contributed by atoms with Crippen molar-refractivity contribution >= 4 is 36.7 Å². The van der Waals surface area contributed by atoms with Crippen LogP contribution in [0.4, 0.5) is 0 Å². The third-order valence-electron chi connectivity index (χ3n) is 8.95. The molecule has 0 saturated heterocycles. The van der Waals surface area contributed by atoms with Crippen molar-refractivity contribution in [1.29, 1.82) is 0 Å². The molecule has 0 fully saturated rings. The fraction of sp³-hybridized carbons (Fsp3) is 1.00. The summed E-state index contributed by atoms with van der Waals surface area (Å²) in [6.45, 7) is 24.4. The summed E-state index contributed by atoms with van der Waals surface area (Å²) in [4.78, 5) is 0. The SMILES string of the molecule is CCCCO[Si](OCCCC)(OCCCC)C([SiH3])([Si](OCCCC)(OCCCC)OCCCC)[Si](OCCCC)(OCCCC)OCCCC. The first-order valence-electron chi connectivity index (χ1n) is 21.0. The second-order valence-corrected chi connectivity index (χ2v) is 28.5. The van der Waals surface area contributed by atoms with Crippen molar-refractivity contribution in [1.82, 2.24) is 0 Å². The maximum atomic E-state index is 7.30. The van der Waals surface area contributed by atoms with Crippen LogP contribution in [0.3, 0.4) is 0 Å². The summed E-state index contributed by atoms with van der Waals surface area (Å²) in [5.74, 6) is 0. The van der Waals surface area contributed by atoms with Crippen LogP contribution in [0.15, 0.2) is 0 Å². The monoisotopic (exact) mass is 785 g/mol. The summed E-state index contributed by atoms with van der Waals surface area (Å²) in [5, 5.41) is 0. The lowest BCUT2D eigenvalue weighted by atomic mass is 10.4. The average molecular weight is 785 g/mol. The second-order valence-electron chi connectivity index (χ2n) is 13.6. The van der Waals surface area contributed by atoms with Crippen molar-refractivity contribution in [3.05, 3.63) is 0 Å². The molecule has 0 radical (unpaired) electrons. The smallest absolute Gasteiger partial charge is 0.373 e. The number of unbranched alkanes of at least 4 members (excludes halogenated alkanes) is 9. The first kappa shape index (κ1) is 50.5. The Hall–Kier alpha value is 0.508. The van der Waals surface area contributed by atoms with E-state index in [1.54, 1.807) is 0 Å². The largest absolute Gasteiger partial charge is 0.512 e. The van der Waals surface area contributed by atoms with Crippen LogP contribution in [0.1, 0.15) is 178 Å². The van der Waals surface area contributed by atoms with Gasteiger partial charge in [0.25, 0.3) is 0 Å². The molecule has 0 heterocycles. The van der Waals surface area contributed by atoms with Crippen LogP contribution in [0.2, 0.25) is 3.91 Å². The molecule has 0 aromatic rings.